The van der Waals surface area contributed by atoms with Crippen LogP contribution in [0.3, 0.4) is 0 Å². The van der Waals surface area contributed by atoms with Crippen LogP contribution < -0.4 is 0 Å². The Morgan fingerprint density at radius 2 is 2.00 bits per heavy atom. The lowest BCUT2D eigenvalue weighted by atomic mass is 9.44. The van der Waals surface area contributed by atoms with Crippen LogP contribution in [0.25, 0.3) is 0 Å². The zero-order valence-corrected chi connectivity index (χ0v) is 17.8. The molecule has 4 aliphatic carbocycles. The quantitative estimate of drug-likeness (QED) is 0.615. The molecule has 154 valence electrons. The van der Waals surface area contributed by atoms with Gasteiger partial charge >= 0.3 is 11.9 Å². The van der Waals surface area contributed by atoms with E-state index in [9.17, 15) is 9.59 Å². The van der Waals surface area contributed by atoms with Crippen molar-refractivity contribution >= 4 is 11.9 Å². The highest BCUT2D eigenvalue weighted by Gasteiger charge is 2.68. The van der Waals surface area contributed by atoms with Gasteiger partial charge in [0.25, 0.3) is 5.79 Å². The Hall–Kier alpha value is -1.32. The number of carbonyl (C=O) groups excluding carboxylic acids is 2. The molecule has 0 unspecified atom stereocenters. The van der Waals surface area contributed by atoms with Crippen molar-refractivity contribution < 1.29 is 19.1 Å². The Bertz CT molecular complexity index is 771. The third-order valence-electron chi connectivity index (χ3n) is 9.92. The molecule has 0 radical (unpaired) electrons. The number of hydrogen-bond donors (Lipinski definition) is 0. The third kappa shape index (κ3) is 2.24. The van der Waals surface area contributed by atoms with Crippen molar-refractivity contribution in [1.82, 2.24) is 0 Å². The normalized spacial score (nSPS) is 51.5. The lowest BCUT2D eigenvalue weighted by Crippen LogP contribution is -2.57. The van der Waals surface area contributed by atoms with Gasteiger partial charge in [0.2, 0.25) is 0 Å². The molecule has 0 aromatic heterocycles. The van der Waals surface area contributed by atoms with E-state index in [1.807, 2.05) is 0 Å². The number of rotatable bonds is 2. The molecule has 1 heterocycles. The molecule has 4 saturated carbocycles. The molecule has 1 aliphatic heterocycles. The molecule has 0 N–H and O–H groups in total. The molecule has 7 atom stereocenters. The summed E-state index contributed by atoms with van der Waals surface area (Å²) in [6, 6.07) is 0. The minimum absolute atomic E-state index is 0.172. The molecule has 0 amide bonds. The van der Waals surface area contributed by atoms with Crippen LogP contribution in [0, 0.1) is 34.0 Å². The van der Waals surface area contributed by atoms with Gasteiger partial charge in [-0.2, -0.15) is 0 Å². The summed E-state index contributed by atoms with van der Waals surface area (Å²) < 4.78 is 11.3. The Labute approximate surface area is 168 Å². The van der Waals surface area contributed by atoms with Crippen molar-refractivity contribution in [3.8, 4) is 0 Å². The fourth-order valence-corrected chi connectivity index (χ4v) is 8.67. The van der Waals surface area contributed by atoms with E-state index < -0.39 is 5.79 Å². The molecule has 2 bridgehead atoms. The predicted octanol–water partition coefficient (Wildman–Crippen LogP) is 5.16. The SMILES string of the molecule is CC[C@@]1(C)C[C@@]23CC[C@@H]4C5=CC(=O)O[C@]5(OC(C)=O)CC[C@@]4(C)[C@@H]2CC[C@@H]1C3. The topological polar surface area (TPSA) is 52.6 Å². The van der Waals surface area contributed by atoms with E-state index in [1.165, 1.54) is 45.4 Å². The molecule has 0 aromatic carbocycles. The lowest BCUT2D eigenvalue weighted by molar-refractivity contribution is -0.226. The van der Waals surface area contributed by atoms with E-state index in [2.05, 4.69) is 20.8 Å². The van der Waals surface area contributed by atoms with Crippen LogP contribution in [0.5, 0.6) is 0 Å². The summed E-state index contributed by atoms with van der Waals surface area (Å²) >= 11 is 0. The smallest absolute Gasteiger partial charge is 0.334 e. The summed E-state index contributed by atoms with van der Waals surface area (Å²) in [6.07, 6.45) is 12.3. The maximum atomic E-state index is 12.2. The van der Waals surface area contributed by atoms with Crippen LogP contribution in [0.4, 0.5) is 0 Å². The Morgan fingerprint density at radius 1 is 1.21 bits per heavy atom. The first-order valence-corrected chi connectivity index (χ1v) is 11.3. The van der Waals surface area contributed by atoms with Gasteiger partial charge < -0.3 is 9.47 Å². The van der Waals surface area contributed by atoms with E-state index in [1.54, 1.807) is 6.08 Å². The average Bonchev–Trinajstić information content (AvgIpc) is 3.05. The maximum Gasteiger partial charge on any atom is 0.334 e. The number of carbonyl (C=O) groups is 2. The molecule has 0 saturated heterocycles. The Kier molecular flexibility index (Phi) is 3.76. The fraction of sp³-hybridized carbons (Fsp3) is 0.833. The highest BCUT2D eigenvalue weighted by atomic mass is 16.7. The maximum absolute atomic E-state index is 12.2. The van der Waals surface area contributed by atoms with Crippen LogP contribution >= 0.6 is 0 Å². The minimum atomic E-state index is -1.12. The van der Waals surface area contributed by atoms with Crippen LogP contribution in [0.1, 0.15) is 85.5 Å². The molecule has 4 nitrogen and oxygen atoms in total. The lowest BCUT2D eigenvalue weighted by Gasteiger charge is -2.61. The van der Waals surface area contributed by atoms with Crippen molar-refractivity contribution in [2.24, 2.45) is 34.0 Å². The molecule has 4 heteroatoms. The van der Waals surface area contributed by atoms with Crippen LogP contribution in [0.15, 0.2) is 11.6 Å². The Balaban J connectivity index is 1.52. The largest absolute Gasteiger partial charge is 0.418 e. The van der Waals surface area contributed by atoms with Gasteiger partial charge in [-0.25, -0.2) is 4.79 Å². The van der Waals surface area contributed by atoms with E-state index in [0.717, 1.165) is 24.3 Å². The van der Waals surface area contributed by atoms with Crippen molar-refractivity contribution in [2.75, 3.05) is 0 Å². The summed E-state index contributed by atoms with van der Waals surface area (Å²) in [5, 5.41) is 0. The summed E-state index contributed by atoms with van der Waals surface area (Å²) in [5.74, 6) is 0.0363. The molecule has 5 rings (SSSR count). The first-order chi connectivity index (χ1) is 13.2. The highest BCUT2D eigenvalue weighted by Crippen LogP contribution is 2.74. The van der Waals surface area contributed by atoms with Gasteiger partial charge in [-0.1, -0.05) is 27.2 Å². The monoisotopic (exact) mass is 386 g/mol. The zero-order valence-electron chi connectivity index (χ0n) is 17.8. The van der Waals surface area contributed by atoms with Crippen molar-refractivity contribution in [1.29, 1.82) is 0 Å². The van der Waals surface area contributed by atoms with Crippen LogP contribution in [0.2, 0.25) is 0 Å². The van der Waals surface area contributed by atoms with Gasteiger partial charge in [-0.15, -0.1) is 0 Å². The van der Waals surface area contributed by atoms with Crippen molar-refractivity contribution in [2.45, 2.75) is 91.3 Å². The van der Waals surface area contributed by atoms with E-state index >= 15 is 0 Å². The average molecular weight is 387 g/mol. The van der Waals surface area contributed by atoms with Gasteiger partial charge in [0.1, 0.15) is 0 Å². The van der Waals surface area contributed by atoms with Crippen molar-refractivity contribution in [3.05, 3.63) is 11.6 Å². The summed E-state index contributed by atoms with van der Waals surface area (Å²) in [6.45, 7) is 8.78. The number of esters is 2. The first-order valence-electron chi connectivity index (χ1n) is 11.3. The second-order valence-electron chi connectivity index (χ2n) is 11.0. The molecular weight excluding hydrogens is 352 g/mol. The van der Waals surface area contributed by atoms with Gasteiger partial charge in [-0.05, 0) is 78.9 Å². The van der Waals surface area contributed by atoms with Gasteiger partial charge in [0.05, 0.1) is 0 Å². The third-order valence-corrected chi connectivity index (χ3v) is 9.92. The molecule has 4 fully saturated rings. The van der Waals surface area contributed by atoms with Gasteiger partial charge in [0.15, 0.2) is 0 Å². The first kappa shape index (κ1) is 18.7. The number of ether oxygens (including phenoxy) is 2. The minimum Gasteiger partial charge on any atom is -0.418 e. The number of fused-ring (bicyclic) bond motifs is 5. The Morgan fingerprint density at radius 3 is 2.71 bits per heavy atom. The summed E-state index contributed by atoms with van der Waals surface area (Å²) in [7, 11) is 0. The second kappa shape index (κ2) is 5.64. The molecule has 0 aromatic rings. The molecular formula is C24H34O4. The summed E-state index contributed by atoms with van der Waals surface area (Å²) in [4.78, 5) is 24.0. The standard InChI is InChI=1S/C24H34O4/c1-5-21(3)14-23-9-8-17-18-12-20(26)28-24(18,27-15(2)25)11-10-22(17,4)19(23)7-6-16(21)13-23/h12,16-17,19H,5-11,13-14H2,1-4H3/t16-,17-,19+,21+,22-,23+,24-/m1/s1. The molecule has 1 spiro atoms. The second-order valence-corrected chi connectivity index (χ2v) is 11.0. The van der Waals surface area contributed by atoms with Crippen molar-refractivity contribution in [3.63, 3.8) is 0 Å². The van der Waals surface area contributed by atoms with E-state index in [0.29, 0.717) is 23.2 Å². The molecule has 5 aliphatic rings. The van der Waals surface area contributed by atoms with Gasteiger partial charge in [-0.3, -0.25) is 4.79 Å². The van der Waals surface area contributed by atoms with Gasteiger partial charge in [0, 0.05) is 25.0 Å². The molecule has 28 heavy (non-hydrogen) atoms. The highest BCUT2D eigenvalue weighted by molar-refractivity contribution is 5.87. The zero-order chi connectivity index (χ0) is 19.9. The predicted molar refractivity (Wildman–Crippen MR) is 105 cm³/mol. The van der Waals surface area contributed by atoms with E-state index in [4.69, 9.17) is 9.47 Å². The van der Waals surface area contributed by atoms with Crippen LogP contribution in [-0.4, -0.2) is 17.7 Å². The fourth-order valence-electron chi connectivity index (χ4n) is 8.67. The van der Waals surface area contributed by atoms with E-state index in [-0.39, 0.29) is 23.3 Å². The summed E-state index contributed by atoms with van der Waals surface area (Å²) in [5.41, 5.74) is 2.10. The number of hydrogen-bond acceptors (Lipinski definition) is 4. The van der Waals surface area contributed by atoms with Crippen LogP contribution in [-0.2, 0) is 19.1 Å².